The molecule has 0 aliphatic carbocycles. The number of benzene rings is 2. The van der Waals surface area contributed by atoms with Gasteiger partial charge in [-0.05, 0) is 42.7 Å². The maximum Gasteiger partial charge on any atom is 0.305 e. The molecule has 0 fully saturated rings. The number of halogens is 2. The predicted octanol–water partition coefficient (Wildman–Crippen LogP) is 4.40. The van der Waals surface area contributed by atoms with Crippen LogP contribution in [0.3, 0.4) is 0 Å². The Bertz CT molecular complexity index is 1210. The van der Waals surface area contributed by atoms with E-state index in [2.05, 4.69) is 10.4 Å². The van der Waals surface area contributed by atoms with Crippen LogP contribution in [0.25, 0.3) is 5.69 Å². The average molecular weight is 504 g/mol. The molecule has 8 nitrogen and oxygen atoms in total. The Kier molecular flexibility index (Phi) is 8.14. The smallest absolute Gasteiger partial charge is 0.305 e. The minimum Gasteiger partial charge on any atom is -0.481 e. The van der Waals surface area contributed by atoms with Crippen molar-refractivity contribution in [3.63, 3.8) is 0 Å². The number of aliphatic hydroxyl groups is 1. The summed E-state index contributed by atoms with van der Waals surface area (Å²) in [5.74, 6) is -2.49. The number of carbonyl (C=O) groups excluding carboxylic acids is 1. The van der Waals surface area contributed by atoms with Crippen molar-refractivity contribution >= 4 is 23.5 Å². The topological polar surface area (TPSA) is 114 Å². The molecule has 3 aromatic rings. The number of aliphatic carboxylic acids is 1. The number of hydrogen-bond donors (Lipinski definition) is 3. The Morgan fingerprint density at radius 3 is 2.54 bits per heavy atom. The van der Waals surface area contributed by atoms with Crippen LogP contribution in [0.5, 0.6) is 5.88 Å². The van der Waals surface area contributed by atoms with E-state index in [1.165, 1.54) is 24.3 Å². The predicted molar refractivity (Wildman–Crippen MR) is 128 cm³/mol. The van der Waals surface area contributed by atoms with Gasteiger partial charge in [0.2, 0.25) is 5.88 Å². The Labute approximate surface area is 207 Å². The van der Waals surface area contributed by atoms with Crippen LogP contribution in [0, 0.1) is 11.7 Å². The normalized spacial score (nSPS) is 13.8. The molecule has 0 radical (unpaired) electrons. The second kappa shape index (κ2) is 10.9. The second-order valence-electron chi connectivity index (χ2n) is 8.71. The summed E-state index contributed by atoms with van der Waals surface area (Å²) in [5.41, 5.74) is -0.759. The van der Waals surface area contributed by atoms with Crippen LogP contribution < -0.4 is 10.1 Å². The molecule has 0 saturated carbocycles. The van der Waals surface area contributed by atoms with E-state index in [9.17, 15) is 24.2 Å². The van der Waals surface area contributed by atoms with Gasteiger partial charge >= 0.3 is 5.97 Å². The van der Waals surface area contributed by atoms with Crippen molar-refractivity contribution in [1.82, 2.24) is 15.1 Å². The number of nitrogens with zero attached hydrogens (tertiary/aromatic N) is 2. The van der Waals surface area contributed by atoms with Gasteiger partial charge in [-0.25, -0.2) is 4.39 Å². The number of aromatic nitrogens is 2. The van der Waals surface area contributed by atoms with Crippen molar-refractivity contribution in [1.29, 1.82) is 0 Å². The number of ether oxygens (including phenoxy) is 1. The van der Waals surface area contributed by atoms with Crippen LogP contribution in [0.1, 0.15) is 49.3 Å². The van der Waals surface area contributed by atoms with Gasteiger partial charge in [0, 0.05) is 11.1 Å². The molecule has 0 saturated heterocycles. The van der Waals surface area contributed by atoms with Crippen LogP contribution in [0.15, 0.2) is 54.6 Å². The van der Waals surface area contributed by atoms with Crippen LogP contribution in [-0.2, 0) is 4.79 Å². The Morgan fingerprint density at radius 2 is 1.91 bits per heavy atom. The molecular weight excluding hydrogens is 477 g/mol. The van der Waals surface area contributed by atoms with Gasteiger partial charge in [0.1, 0.15) is 18.1 Å². The van der Waals surface area contributed by atoms with Crippen molar-refractivity contribution in [2.24, 2.45) is 5.92 Å². The van der Waals surface area contributed by atoms with E-state index in [1.807, 2.05) is 13.8 Å². The Balaban J connectivity index is 1.95. The van der Waals surface area contributed by atoms with E-state index >= 15 is 0 Å². The van der Waals surface area contributed by atoms with Crippen molar-refractivity contribution in [3.8, 4) is 11.6 Å². The fourth-order valence-corrected chi connectivity index (χ4v) is 3.34. The number of nitrogens with one attached hydrogen (secondary N) is 1. The first-order valence-corrected chi connectivity index (χ1v) is 11.3. The van der Waals surface area contributed by atoms with Gasteiger partial charge in [0.05, 0.1) is 18.1 Å². The van der Waals surface area contributed by atoms with E-state index in [4.69, 9.17) is 16.3 Å². The highest BCUT2D eigenvalue weighted by Gasteiger charge is 2.28. The molecule has 1 amide bonds. The fraction of sp³-hybridized carbons (Fsp3) is 0.320. The third-order valence-electron chi connectivity index (χ3n) is 5.68. The lowest BCUT2D eigenvalue weighted by Gasteiger charge is -2.27. The summed E-state index contributed by atoms with van der Waals surface area (Å²) in [6, 6.07) is 12.8. The summed E-state index contributed by atoms with van der Waals surface area (Å²) in [4.78, 5) is 24.5. The molecule has 3 N–H and O–H groups in total. The van der Waals surface area contributed by atoms with Crippen LogP contribution in [-0.4, -0.2) is 44.1 Å². The fourth-order valence-electron chi connectivity index (χ4n) is 3.14. The monoisotopic (exact) mass is 503 g/mol. The number of para-hydroxylation sites is 1. The van der Waals surface area contributed by atoms with Gasteiger partial charge < -0.3 is 20.3 Å². The Hall–Kier alpha value is -3.43. The molecule has 1 heterocycles. The average Bonchev–Trinajstić information content (AvgIpc) is 3.21. The lowest BCUT2D eigenvalue weighted by Crippen LogP contribution is -2.38. The van der Waals surface area contributed by atoms with Gasteiger partial charge in [-0.2, -0.15) is 9.78 Å². The zero-order valence-electron chi connectivity index (χ0n) is 19.5. The number of amides is 1. The van der Waals surface area contributed by atoms with Crippen molar-refractivity contribution in [3.05, 3.63) is 76.7 Å². The second-order valence-corrected chi connectivity index (χ2v) is 9.15. The molecule has 0 bridgehead atoms. The number of carboxylic acid groups (broad SMARTS) is 1. The third kappa shape index (κ3) is 6.58. The van der Waals surface area contributed by atoms with Crippen molar-refractivity contribution in [2.45, 2.75) is 38.8 Å². The first-order chi connectivity index (χ1) is 16.5. The number of carboxylic acids is 1. The van der Waals surface area contributed by atoms with E-state index < -0.39 is 29.3 Å². The summed E-state index contributed by atoms with van der Waals surface area (Å²) in [5, 5.41) is 27.1. The molecule has 1 aromatic heterocycles. The molecule has 1 unspecified atom stereocenters. The summed E-state index contributed by atoms with van der Waals surface area (Å²) >= 11 is 6.03. The molecule has 186 valence electrons. The van der Waals surface area contributed by atoms with E-state index in [0.717, 1.165) is 4.68 Å². The lowest BCUT2D eigenvalue weighted by molar-refractivity contribution is -0.137. The largest absolute Gasteiger partial charge is 0.481 e. The number of rotatable bonds is 10. The Morgan fingerprint density at radius 1 is 1.20 bits per heavy atom. The minimum atomic E-state index is -1.19. The van der Waals surface area contributed by atoms with E-state index in [0.29, 0.717) is 10.6 Å². The molecule has 3 rings (SSSR count). The van der Waals surface area contributed by atoms with Crippen LogP contribution >= 0.6 is 11.6 Å². The molecular formula is C25H27ClFN3O5. The van der Waals surface area contributed by atoms with E-state index in [1.54, 1.807) is 37.3 Å². The van der Waals surface area contributed by atoms with Gasteiger partial charge in [-0.3, -0.25) is 9.59 Å². The maximum absolute atomic E-state index is 14.5. The molecule has 35 heavy (non-hydrogen) atoms. The molecule has 0 aliphatic heterocycles. The summed E-state index contributed by atoms with van der Waals surface area (Å²) in [6.45, 7) is 5.14. The zero-order chi connectivity index (χ0) is 25.8. The van der Waals surface area contributed by atoms with Crippen molar-refractivity contribution in [2.75, 3.05) is 6.61 Å². The highest BCUT2D eigenvalue weighted by molar-refractivity contribution is 6.30. The van der Waals surface area contributed by atoms with Crippen LogP contribution in [0.2, 0.25) is 5.02 Å². The van der Waals surface area contributed by atoms with E-state index in [-0.39, 0.29) is 36.2 Å². The standard InChI is InChI=1S/C25H27ClFN3O5/c1-15(2)25(3,34)14-35-22-12-20(29-30(22)21-10-5-4-9-18(21)27)24(33)28-19(13-23(31)32)16-7-6-8-17(26)11-16/h4-12,15,19,34H,13-14H2,1-3H3,(H,28,33)(H,31,32)/t19-,25?/m0/s1. The third-order valence-corrected chi connectivity index (χ3v) is 5.92. The highest BCUT2D eigenvalue weighted by atomic mass is 35.5. The van der Waals surface area contributed by atoms with Crippen LogP contribution in [0.4, 0.5) is 4.39 Å². The molecule has 2 atom stereocenters. The first kappa shape index (κ1) is 26.2. The van der Waals surface area contributed by atoms with Gasteiger partial charge in [-0.15, -0.1) is 0 Å². The van der Waals surface area contributed by atoms with Gasteiger partial charge in [-0.1, -0.05) is 49.7 Å². The van der Waals surface area contributed by atoms with Gasteiger partial charge in [0.25, 0.3) is 5.91 Å². The quantitative estimate of drug-likeness (QED) is 0.378. The van der Waals surface area contributed by atoms with Crippen molar-refractivity contribution < 1.29 is 28.9 Å². The number of carbonyl (C=O) groups is 2. The minimum absolute atomic E-state index is 0.0405. The number of hydrogen-bond acceptors (Lipinski definition) is 5. The van der Waals surface area contributed by atoms with Gasteiger partial charge in [0.15, 0.2) is 5.69 Å². The zero-order valence-corrected chi connectivity index (χ0v) is 20.3. The summed E-state index contributed by atoms with van der Waals surface area (Å²) in [6.07, 6.45) is -0.388. The first-order valence-electron chi connectivity index (χ1n) is 11.0. The SMILES string of the molecule is CC(C)C(C)(O)COc1cc(C(=O)N[C@@H](CC(=O)O)c2cccc(Cl)c2)nn1-c1ccccc1F. The highest BCUT2D eigenvalue weighted by Crippen LogP contribution is 2.26. The molecule has 0 spiro atoms. The molecule has 2 aromatic carbocycles. The molecule has 0 aliphatic rings. The lowest BCUT2D eigenvalue weighted by atomic mass is 9.94. The maximum atomic E-state index is 14.5. The summed E-state index contributed by atoms with van der Waals surface area (Å²) < 4.78 is 21.4. The summed E-state index contributed by atoms with van der Waals surface area (Å²) in [7, 11) is 0. The molecule has 10 heteroatoms.